The first-order valence-corrected chi connectivity index (χ1v) is 8.35. The molecule has 1 aromatic rings. The highest BCUT2D eigenvalue weighted by Gasteiger charge is 2.31. The van der Waals surface area contributed by atoms with E-state index in [-0.39, 0.29) is 0 Å². The number of aldehydes is 1. The maximum absolute atomic E-state index is 11.0. The molecular weight excluding hydrogens is 310 g/mol. The SMILES string of the molecule is CNc1nc(OC2CC(O)CC(C=O)O2)c2c(c1C=N)CCCC2. The van der Waals surface area contributed by atoms with Crippen molar-refractivity contribution in [2.24, 2.45) is 0 Å². The van der Waals surface area contributed by atoms with Gasteiger partial charge in [-0.2, -0.15) is 4.98 Å². The summed E-state index contributed by atoms with van der Waals surface area (Å²) in [5, 5.41) is 20.6. The summed E-state index contributed by atoms with van der Waals surface area (Å²) in [7, 11) is 1.76. The molecule has 1 fully saturated rings. The Morgan fingerprint density at radius 3 is 2.75 bits per heavy atom. The number of hydrogen-bond donors (Lipinski definition) is 3. The lowest BCUT2D eigenvalue weighted by molar-refractivity contribution is -0.177. The molecule has 1 aromatic heterocycles. The third-order valence-corrected chi connectivity index (χ3v) is 4.59. The van der Waals surface area contributed by atoms with Crippen LogP contribution in [0.2, 0.25) is 0 Å². The lowest BCUT2D eigenvalue weighted by Crippen LogP contribution is -2.39. The predicted molar refractivity (Wildman–Crippen MR) is 88.9 cm³/mol. The molecule has 0 radical (unpaired) electrons. The summed E-state index contributed by atoms with van der Waals surface area (Å²) in [5.41, 5.74) is 2.90. The second-order valence-corrected chi connectivity index (χ2v) is 6.22. The number of hydrogen-bond acceptors (Lipinski definition) is 7. The summed E-state index contributed by atoms with van der Waals surface area (Å²) in [6, 6.07) is 0. The van der Waals surface area contributed by atoms with Crippen LogP contribution in [0.25, 0.3) is 0 Å². The van der Waals surface area contributed by atoms with Crippen LogP contribution in [0.1, 0.15) is 42.4 Å². The van der Waals surface area contributed by atoms with Crippen molar-refractivity contribution in [2.45, 2.75) is 57.0 Å². The molecule has 1 aliphatic heterocycles. The smallest absolute Gasteiger partial charge is 0.221 e. The number of pyridine rings is 1. The van der Waals surface area contributed by atoms with E-state index in [4.69, 9.17) is 14.9 Å². The topological polar surface area (TPSA) is 105 Å². The molecule has 3 unspecified atom stereocenters. The molecule has 1 aliphatic carbocycles. The summed E-state index contributed by atoms with van der Waals surface area (Å²) in [4.78, 5) is 15.5. The Morgan fingerprint density at radius 1 is 1.33 bits per heavy atom. The first-order valence-electron chi connectivity index (χ1n) is 8.35. The molecule has 24 heavy (non-hydrogen) atoms. The van der Waals surface area contributed by atoms with Crippen LogP contribution >= 0.6 is 0 Å². The average molecular weight is 333 g/mol. The Morgan fingerprint density at radius 2 is 2.08 bits per heavy atom. The Labute approximate surface area is 140 Å². The van der Waals surface area contributed by atoms with Gasteiger partial charge in [0.1, 0.15) is 18.2 Å². The molecule has 0 bridgehead atoms. The largest absolute Gasteiger partial charge is 0.447 e. The minimum absolute atomic E-state index is 0.295. The number of carbonyl (C=O) groups excluding carboxylic acids is 1. The number of fused-ring (bicyclic) bond motifs is 1. The minimum Gasteiger partial charge on any atom is -0.447 e. The van der Waals surface area contributed by atoms with Crippen molar-refractivity contribution in [1.82, 2.24) is 4.98 Å². The Hall–Kier alpha value is -1.99. The van der Waals surface area contributed by atoms with Crippen molar-refractivity contribution in [3.8, 4) is 5.88 Å². The molecule has 7 nitrogen and oxygen atoms in total. The number of aliphatic hydroxyl groups is 1. The molecule has 0 aromatic carbocycles. The van der Waals surface area contributed by atoms with E-state index in [1.54, 1.807) is 7.05 Å². The molecule has 1 saturated heterocycles. The summed E-state index contributed by atoms with van der Waals surface area (Å²) in [5.74, 6) is 1.08. The van der Waals surface area contributed by atoms with Gasteiger partial charge < -0.3 is 30.1 Å². The zero-order valence-electron chi connectivity index (χ0n) is 13.7. The van der Waals surface area contributed by atoms with Gasteiger partial charge in [0.05, 0.1) is 6.10 Å². The third kappa shape index (κ3) is 3.27. The van der Waals surface area contributed by atoms with Crippen LogP contribution in [0, 0.1) is 5.41 Å². The molecule has 2 aliphatic rings. The predicted octanol–water partition coefficient (Wildman–Crippen LogP) is 1.44. The van der Waals surface area contributed by atoms with E-state index in [1.807, 2.05) is 0 Å². The van der Waals surface area contributed by atoms with Crippen molar-refractivity contribution in [3.63, 3.8) is 0 Å². The maximum atomic E-state index is 11.0. The Kier molecular flexibility index (Phi) is 5.11. The van der Waals surface area contributed by atoms with Crippen LogP contribution in [0.4, 0.5) is 5.82 Å². The van der Waals surface area contributed by atoms with Gasteiger partial charge in [0.25, 0.3) is 0 Å². The van der Waals surface area contributed by atoms with Gasteiger partial charge in [-0.25, -0.2) is 0 Å². The third-order valence-electron chi connectivity index (χ3n) is 4.59. The van der Waals surface area contributed by atoms with Crippen LogP contribution in [-0.2, 0) is 22.4 Å². The number of aromatic nitrogens is 1. The summed E-state index contributed by atoms with van der Waals surface area (Å²) in [6.45, 7) is 0. The zero-order chi connectivity index (χ0) is 17.1. The van der Waals surface area contributed by atoms with Crippen molar-refractivity contribution in [2.75, 3.05) is 12.4 Å². The first-order chi connectivity index (χ1) is 11.7. The fraction of sp³-hybridized carbons (Fsp3) is 0.588. The number of nitrogens with one attached hydrogen (secondary N) is 2. The molecule has 7 heteroatoms. The van der Waals surface area contributed by atoms with E-state index < -0.39 is 18.5 Å². The molecular formula is C17H23N3O4. The summed E-state index contributed by atoms with van der Waals surface area (Å²) >= 11 is 0. The highest BCUT2D eigenvalue weighted by atomic mass is 16.7. The van der Waals surface area contributed by atoms with Crippen LogP contribution < -0.4 is 10.1 Å². The number of aliphatic hydroxyl groups excluding tert-OH is 1. The van der Waals surface area contributed by atoms with Crippen molar-refractivity contribution >= 4 is 18.3 Å². The van der Waals surface area contributed by atoms with Crippen LogP contribution in [0.3, 0.4) is 0 Å². The van der Waals surface area contributed by atoms with E-state index in [9.17, 15) is 9.90 Å². The van der Waals surface area contributed by atoms with Gasteiger partial charge in [-0.3, -0.25) is 0 Å². The van der Waals surface area contributed by atoms with Crippen molar-refractivity contribution < 1.29 is 19.4 Å². The van der Waals surface area contributed by atoms with Gasteiger partial charge in [-0.1, -0.05) is 0 Å². The number of anilines is 1. The van der Waals surface area contributed by atoms with E-state index in [1.165, 1.54) is 6.21 Å². The highest BCUT2D eigenvalue weighted by Crippen LogP contribution is 2.35. The maximum Gasteiger partial charge on any atom is 0.221 e. The van der Waals surface area contributed by atoms with Crippen molar-refractivity contribution in [1.29, 1.82) is 5.41 Å². The van der Waals surface area contributed by atoms with E-state index in [0.29, 0.717) is 30.8 Å². The Balaban J connectivity index is 1.92. The molecule has 0 spiro atoms. The standard InChI is InChI=1S/C17H23N3O4/c1-19-16-14(8-18)12-4-2-3-5-13(12)17(20-16)24-15-7-10(22)6-11(9-21)23-15/h8-11,15,18,22H,2-7H2,1H3,(H,19,20). The number of carbonyl (C=O) groups is 1. The molecule has 0 saturated carbocycles. The number of nitrogens with zero attached hydrogens (tertiary/aromatic N) is 1. The number of ether oxygens (including phenoxy) is 2. The molecule has 0 amide bonds. The second-order valence-electron chi connectivity index (χ2n) is 6.22. The summed E-state index contributed by atoms with van der Waals surface area (Å²) in [6.07, 6.45) is 4.50. The molecule has 3 atom stereocenters. The summed E-state index contributed by atoms with van der Waals surface area (Å²) < 4.78 is 11.5. The molecule has 2 heterocycles. The number of rotatable bonds is 5. The van der Waals surface area contributed by atoms with E-state index >= 15 is 0 Å². The van der Waals surface area contributed by atoms with Gasteiger partial charge in [-0.05, 0) is 31.2 Å². The normalized spacial score (nSPS) is 26.3. The minimum atomic E-state index is -0.696. The second kappa shape index (κ2) is 7.27. The van der Waals surface area contributed by atoms with Crippen LogP contribution in [0.15, 0.2) is 0 Å². The van der Waals surface area contributed by atoms with Gasteiger partial charge in [0.15, 0.2) is 0 Å². The van der Waals surface area contributed by atoms with Crippen molar-refractivity contribution in [3.05, 3.63) is 16.7 Å². The van der Waals surface area contributed by atoms with Crippen LogP contribution in [-0.4, -0.2) is 48.1 Å². The molecule has 3 N–H and O–H groups in total. The fourth-order valence-corrected chi connectivity index (χ4v) is 3.43. The van der Waals surface area contributed by atoms with E-state index in [0.717, 1.165) is 42.4 Å². The average Bonchev–Trinajstić information content (AvgIpc) is 2.60. The fourth-order valence-electron chi connectivity index (χ4n) is 3.43. The van der Waals surface area contributed by atoms with E-state index in [2.05, 4.69) is 10.3 Å². The molecule has 130 valence electrons. The lowest BCUT2D eigenvalue weighted by Gasteiger charge is -2.31. The molecule has 3 rings (SSSR count). The first kappa shape index (κ1) is 16.9. The van der Waals surface area contributed by atoms with Crippen LogP contribution in [0.5, 0.6) is 5.88 Å². The Bertz CT molecular complexity index is 635. The lowest BCUT2D eigenvalue weighted by atomic mass is 9.89. The monoisotopic (exact) mass is 333 g/mol. The highest BCUT2D eigenvalue weighted by molar-refractivity contribution is 5.87. The van der Waals surface area contributed by atoms with Gasteiger partial charge in [-0.15, -0.1) is 0 Å². The van der Waals surface area contributed by atoms with Gasteiger partial charge >= 0.3 is 0 Å². The quantitative estimate of drug-likeness (QED) is 0.556. The van der Waals surface area contributed by atoms with Gasteiger partial charge in [0, 0.05) is 37.2 Å². The zero-order valence-corrected chi connectivity index (χ0v) is 13.7. The van der Waals surface area contributed by atoms with Gasteiger partial charge in [0.2, 0.25) is 12.2 Å².